The minimum Gasteiger partial charge on any atom is -0.497 e. The van der Waals surface area contributed by atoms with Crippen molar-refractivity contribution >= 4 is 16.9 Å². The lowest BCUT2D eigenvalue weighted by atomic mass is 10.1. The number of methoxy groups -OCH3 is 1. The van der Waals surface area contributed by atoms with Gasteiger partial charge in [-0.05, 0) is 37.6 Å². The summed E-state index contributed by atoms with van der Waals surface area (Å²) in [6.45, 7) is 4.62. The number of nitrogens with zero attached hydrogens (tertiary/aromatic N) is 4. The molecule has 0 saturated heterocycles. The van der Waals surface area contributed by atoms with Crippen LogP contribution in [0.25, 0.3) is 11.0 Å². The van der Waals surface area contributed by atoms with Gasteiger partial charge in [-0.25, -0.2) is 9.67 Å². The average Bonchev–Trinajstić information content (AvgIpc) is 3.05. The third-order valence-corrected chi connectivity index (χ3v) is 4.09. The van der Waals surface area contributed by atoms with Gasteiger partial charge in [0, 0.05) is 31.2 Å². The van der Waals surface area contributed by atoms with Crippen LogP contribution in [0.1, 0.15) is 35.8 Å². The van der Waals surface area contributed by atoms with E-state index in [0.29, 0.717) is 12.1 Å². The number of hydrogen-bond donors (Lipinski definition) is 0. The molecule has 2 aromatic heterocycles. The molecule has 25 heavy (non-hydrogen) atoms. The van der Waals surface area contributed by atoms with Crippen molar-refractivity contribution in [1.29, 1.82) is 0 Å². The first-order valence-corrected chi connectivity index (χ1v) is 8.21. The summed E-state index contributed by atoms with van der Waals surface area (Å²) in [5.41, 5.74) is 2.40. The normalized spacial score (nSPS) is 11.1. The maximum atomic E-state index is 12.7. The Labute approximate surface area is 147 Å². The van der Waals surface area contributed by atoms with Gasteiger partial charge in [-0.3, -0.25) is 4.79 Å². The van der Waals surface area contributed by atoms with Crippen LogP contribution < -0.4 is 4.74 Å². The van der Waals surface area contributed by atoms with Crippen LogP contribution in [0.15, 0.2) is 42.7 Å². The molecule has 0 aliphatic rings. The maximum absolute atomic E-state index is 12.7. The fourth-order valence-corrected chi connectivity index (χ4v) is 2.73. The van der Waals surface area contributed by atoms with Crippen molar-refractivity contribution in [3.8, 4) is 5.75 Å². The summed E-state index contributed by atoms with van der Waals surface area (Å²) < 4.78 is 7.01. The zero-order valence-corrected chi connectivity index (χ0v) is 14.9. The summed E-state index contributed by atoms with van der Waals surface area (Å²) in [6, 6.07) is 9.77. The number of carbonyl (C=O) groups is 1. The van der Waals surface area contributed by atoms with Crippen LogP contribution in [0.3, 0.4) is 0 Å². The Hall–Kier alpha value is -2.89. The van der Waals surface area contributed by atoms with Gasteiger partial charge >= 0.3 is 0 Å². The van der Waals surface area contributed by atoms with Crippen LogP contribution in [-0.2, 0) is 6.54 Å². The smallest absolute Gasteiger partial charge is 0.255 e. The van der Waals surface area contributed by atoms with Gasteiger partial charge in [0.1, 0.15) is 5.75 Å². The average molecular weight is 338 g/mol. The van der Waals surface area contributed by atoms with Gasteiger partial charge in [-0.1, -0.05) is 12.1 Å². The molecule has 0 aliphatic heterocycles. The molecule has 130 valence electrons. The van der Waals surface area contributed by atoms with Crippen LogP contribution in [0, 0.1) is 0 Å². The van der Waals surface area contributed by atoms with Gasteiger partial charge < -0.3 is 9.64 Å². The van der Waals surface area contributed by atoms with Crippen LogP contribution >= 0.6 is 0 Å². The first kappa shape index (κ1) is 17.0. The number of amides is 1. The van der Waals surface area contributed by atoms with Crippen LogP contribution in [0.5, 0.6) is 5.75 Å². The molecule has 0 bridgehead atoms. The molecule has 0 radical (unpaired) electrons. The predicted octanol–water partition coefficient (Wildman–Crippen LogP) is 3.29. The lowest BCUT2D eigenvalue weighted by molar-refractivity contribution is 0.0785. The van der Waals surface area contributed by atoms with Gasteiger partial charge in [0.2, 0.25) is 0 Å². The minimum atomic E-state index is -0.0671. The third-order valence-electron chi connectivity index (χ3n) is 4.09. The summed E-state index contributed by atoms with van der Waals surface area (Å²) in [5.74, 6) is 0.733. The number of ether oxygens (including phenoxy) is 1. The summed E-state index contributed by atoms with van der Waals surface area (Å²) in [5, 5.41) is 5.21. The van der Waals surface area contributed by atoms with Crippen molar-refractivity contribution in [2.45, 2.75) is 26.4 Å². The monoisotopic (exact) mass is 338 g/mol. The summed E-state index contributed by atoms with van der Waals surface area (Å²) in [6.07, 6.45) is 3.37. The SMILES string of the molecule is COc1ccc(CN(C)C(=O)c2cnc3c(cnn3C(C)C)c2)cc1. The van der Waals surface area contributed by atoms with Gasteiger partial charge in [-0.2, -0.15) is 5.10 Å². The zero-order valence-electron chi connectivity index (χ0n) is 14.9. The molecule has 2 heterocycles. The Morgan fingerprint density at radius 2 is 1.96 bits per heavy atom. The minimum absolute atomic E-state index is 0.0671. The fraction of sp³-hybridized carbons (Fsp3) is 0.316. The van der Waals surface area contributed by atoms with Gasteiger partial charge in [0.05, 0.1) is 18.9 Å². The molecule has 6 heteroatoms. The van der Waals surface area contributed by atoms with Gasteiger partial charge in [0.25, 0.3) is 5.91 Å². The van der Waals surface area contributed by atoms with Gasteiger partial charge in [-0.15, -0.1) is 0 Å². The van der Waals surface area contributed by atoms with E-state index in [0.717, 1.165) is 22.3 Å². The second-order valence-electron chi connectivity index (χ2n) is 6.33. The Morgan fingerprint density at radius 1 is 1.24 bits per heavy atom. The molecule has 3 rings (SSSR count). The number of aromatic nitrogens is 3. The van der Waals surface area contributed by atoms with Crippen molar-refractivity contribution in [2.24, 2.45) is 0 Å². The molecule has 1 amide bonds. The molecule has 6 nitrogen and oxygen atoms in total. The van der Waals surface area contributed by atoms with Crippen LogP contribution in [-0.4, -0.2) is 39.7 Å². The van der Waals surface area contributed by atoms with Crippen LogP contribution in [0.2, 0.25) is 0 Å². The van der Waals surface area contributed by atoms with Crippen molar-refractivity contribution in [1.82, 2.24) is 19.7 Å². The molecule has 0 N–H and O–H groups in total. The van der Waals surface area contributed by atoms with E-state index in [-0.39, 0.29) is 11.9 Å². The zero-order chi connectivity index (χ0) is 18.0. The number of rotatable bonds is 5. The molecule has 0 unspecified atom stereocenters. The van der Waals surface area contributed by atoms with Crippen LogP contribution in [0.4, 0.5) is 0 Å². The molecule has 0 aliphatic carbocycles. The lowest BCUT2D eigenvalue weighted by Crippen LogP contribution is -2.26. The Morgan fingerprint density at radius 3 is 2.60 bits per heavy atom. The fourth-order valence-electron chi connectivity index (χ4n) is 2.73. The summed E-state index contributed by atoms with van der Waals surface area (Å²) >= 11 is 0. The van der Waals surface area contributed by atoms with E-state index in [1.165, 1.54) is 0 Å². The van der Waals surface area contributed by atoms with Crippen molar-refractivity contribution in [3.63, 3.8) is 0 Å². The number of fused-ring (bicyclic) bond motifs is 1. The van der Waals surface area contributed by atoms with E-state index in [1.54, 1.807) is 31.5 Å². The number of hydrogen-bond acceptors (Lipinski definition) is 4. The highest BCUT2D eigenvalue weighted by Crippen LogP contribution is 2.18. The van der Waals surface area contributed by atoms with Crippen molar-refractivity contribution < 1.29 is 9.53 Å². The quantitative estimate of drug-likeness (QED) is 0.716. The molecular formula is C19H22N4O2. The molecular weight excluding hydrogens is 316 g/mol. The summed E-state index contributed by atoms with van der Waals surface area (Å²) in [7, 11) is 3.42. The summed E-state index contributed by atoms with van der Waals surface area (Å²) in [4.78, 5) is 18.8. The van der Waals surface area contributed by atoms with E-state index >= 15 is 0 Å². The third kappa shape index (κ3) is 3.47. The molecule has 0 fully saturated rings. The molecule has 0 atom stereocenters. The number of benzene rings is 1. The Bertz CT molecular complexity index is 884. The lowest BCUT2D eigenvalue weighted by Gasteiger charge is -2.17. The Balaban J connectivity index is 1.78. The van der Waals surface area contributed by atoms with E-state index in [2.05, 4.69) is 23.9 Å². The second kappa shape index (κ2) is 6.93. The number of pyridine rings is 1. The van der Waals surface area contributed by atoms with E-state index in [9.17, 15) is 4.79 Å². The molecule has 0 saturated carbocycles. The topological polar surface area (TPSA) is 60.2 Å². The molecule has 1 aromatic carbocycles. The second-order valence-corrected chi connectivity index (χ2v) is 6.33. The molecule has 0 spiro atoms. The highest BCUT2D eigenvalue weighted by molar-refractivity contribution is 5.96. The largest absolute Gasteiger partial charge is 0.497 e. The van der Waals surface area contributed by atoms with Crippen molar-refractivity contribution in [2.75, 3.05) is 14.2 Å². The van der Waals surface area contributed by atoms with Crippen molar-refractivity contribution in [3.05, 3.63) is 53.9 Å². The Kier molecular flexibility index (Phi) is 4.70. The van der Waals surface area contributed by atoms with E-state index in [1.807, 2.05) is 35.0 Å². The maximum Gasteiger partial charge on any atom is 0.255 e. The molecule has 3 aromatic rings. The van der Waals surface area contributed by atoms with E-state index in [4.69, 9.17) is 4.74 Å². The first-order valence-electron chi connectivity index (χ1n) is 8.21. The highest BCUT2D eigenvalue weighted by Gasteiger charge is 2.15. The van der Waals surface area contributed by atoms with Gasteiger partial charge in [0.15, 0.2) is 5.65 Å². The predicted molar refractivity (Wildman–Crippen MR) is 96.7 cm³/mol. The number of carbonyl (C=O) groups excluding carboxylic acids is 1. The standard InChI is InChI=1S/C19H22N4O2/c1-13(2)23-18-15(11-21-23)9-16(10-20-18)19(24)22(3)12-14-5-7-17(25-4)8-6-14/h5-11,13H,12H2,1-4H3. The highest BCUT2D eigenvalue weighted by atomic mass is 16.5. The first-order chi connectivity index (χ1) is 12.0. The van der Waals surface area contributed by atoms with E-state index < -0.39 is 0 Å².